The molecule has 4 heteroatoms. The van der Waals surface area contributed by atoms with Gasteiger partial charge in [0.15, 0.2) is 0 Å². The van der Waals surface area contributed by atoms with Crippen molar-refractivity contribution >= 4 is 39.3 Å². The molecule has 0 aliphatic rings. The van der Waals surface area contributed by atoms with E-state index in [1.54, 1.807) is 11.8 Å². The molecule has 0 aromatic heterocycles. The monoisotopic (exact) mass is 205 g/mol. The van der Waals surface area contributed by atoms with Crippen LogP contribution in [0, 0.1) is 6.57 Å². The molecule has 0 rings (SSSR count). The summed E-state index contributed by atoms with van der Waals surface area (Å²) in [6, 6.07) is 0. The number of hydrogen-bond acceptors (Lipinski definition) is 3. The molecule has 0 amide bonds. The second kappa shape index (κ2) is 5.02. The van der Waals surface area contributed by atoms with Crippen molar-refractivity contribution in [2.45, 2.75) is 25.6 Å². The first-order valence-corrected chi connectivity index (χ1v) is 5.47. The second-order valence-corrected chi connectivity index (χ2v) is 6.41. The minimum atomic E-state index is -0.390. The van der Waals surface area contributed by atoms with Gasteiger partial charge in [0, 0.05) is 13.8 Å². The van der Waals surface area contributed by atoms with Gasteiger partial charge in [-0.2, -0.15) is 0 Å². The maximum Gasteiger partial charge on any atom is 0.277 e. The number of thiocarbonyl (C=S) groups is 1. The Kier molecular flexibility index (Phi) is 5.15. The highest BCUT2D eigenvalue weighted by Gasteiger charge is 2.25. The van der Waals surface area contributed by atoms with Gasteiger partial charge >= 0.3 is 0 Å². The first kappa shape index (κ1) is 11.3. The third kappa shape index (κ3) is 5.54. The first-order valence-electron chi connectivity index (χ1n) is 3.26. The van der Waals surface area contributed by atoms with E-state index in [0.29, 0.717) is 0 Å². The Bertz CT molecular complexity index is 181. The van der Waals surface area contributed by atoms with E-state index in [-0.39, 0.29) is 4.87 Å². The standard InChI is InChI=1S/C7H11NS3/c1-5-10-6(9)11-7(2,3)8-4/h5H2,1-3H3. The second-order valence-electron chi connectivity index (χ2n) is 2.34. The van der Waals surface area contributed by atoms with Crippen LogP contribution in [0.5, 0.6) is 0 Å². The lowest BCUT2D eigenvalue weighted by molar-refractivity contribution is 0.899. The molecule has 0 saturated heterocycles. The average molecular weight is 205 g/mol. The molecule has 0 spiro atoms. The number of thioether (sulfide) groups is 2. The van der Waals surface area contributed by atoms with Crippen LogP contribution < -0.4 is 0 Å². The fourth-order valence-corrected chi connectivity index (χ4v) is 3.23. The highest BCUT2D eigenvalue weighted by Crippen LogP contribution is 2.31. The maximum atomic E-state index is 6.87. The van der Waals surface area contributed by atoms with Crippen LogP contribution in [-0.4, -0.2) is 14.2 Å². The van der Waals surface area contributed by atoms with Gasteiger partial charge in [-0.1, -0.05) is 19.1 Å². The van der Waals surface area contributed by atoms with Gasteiger partial charge in [0.05, 0.1) is 0 Å². The molecule has 11 heavy (non-hydrogen) atoms. The molecular formula is C7H11NS3. The van der Waals surface area contributed by atoms with Gasteiger partial charge in [0.1, 0.15) is 3.53 Å². The van der Waals surface area contributed by atoms with Crippen LogP contribution >= 0.6 is 35.7 Å². The Hall–Kier alpha value is 0.280. The summed E-state index contributed by atoms with van der Waals surface area (Å²) in [5.74, 6) is 0.986. The first-order chi connectivity index (χ1) is 5.02. The van der Waals surface area contributed by atoms with Crippen molar-refractivity contribution in [2.75, 3.05) is 5.75 Å². The average Bonchev–Trinajstić information content (AvgIpc) is 1.87. The molecule has 0 aromatic rings. The minimum absolute atomic E-state index is 0.390. The molecule has 0 atom stereocenters. The number of nitrogens with zero attached hydrogens (tertiary/aromatic N) is 1. The Labute approximate surface area is 82.1 Å². The maximum absolute atomic E-state index is 6.87. The molecular weight excluding hydrogens is 194 g/mol. The lowest BCUT2D eigenvalue weighted by Gasteiger charge is -2.09. The van der Waals surface area contributed by atoms with Gasteiger partial charge in [-0.3, -0.25) is 4.85 Å². The zero-order valence-corrected chi connectivity index (χ0v) is 9.33. The molecule has 0 aliphatic carbocycles. The molecule has 0 fully saturated rings. The van der Waals surface area contributed by atoms with Crippen molar-refractivity contribution in [3.05, 3.63) is 11.4 Å². The highest BCUT2D eigenvalue weighted by atomic mass is 32.2. The summed E-state index contributed by atoms with van der Waals surface area (Å²) in [7, 11) is 0. The molecule has 0 unspecified atom stereocenters. The van der Waals surface area contributed by atoms with Crippen LogP contribution in [0.1, 0.15) is 20.8 Å². The zero-order chi connectivity index (χ0) is 8.91. The SMILES string of the molecule is [C-]#[N+]C(C)(C)SC(=S)SCC. The van der Waals surface area contributed by atoms with Crippen LogP contribution in [0.3, 0.4) is 0 Å². The Morgan fingerprint density at radius 2 is 2.18 bits per heavy atom. The van der Waals surface area contributed by atoms with Gasteiger partial charge < -0.3 is 0 Å². The van der Waals surface area contributed by atoms with E-state index >= 15 is 0 Å². The van der Waals surface area contributed by atoms with Crippen LogP contribution in [0.4, 0.5) is 0 Å². The van der Waals surface area contributed by atoms with E-state index in [4.69, 9.17) is 18.8 Å². The molecule has 0 heterocycles. The molecule has 62 valence electrons. The van der Waals surface area contributed by atoms with Crippen LogP contribution in [0.15, 0.2) is 0 Å². The lowest BCUT2D eigenvalue weighted by atomic mass is 10.4. The normalized spacial score (nSPS) is 10.7. The summed E-state index contributed by atoms with van der Waals surface area (Å²) in [5, 5.41) is 0. The summed E-state index contributed by atoms with van der Waals surface area (Å²) in [6.07, 6.45) is 0. The van der Waals surface area contributed by atoms with Crippen LogP contribution in [-0.2, 0) is 0 Å². The molecule has 0 saturated carbocycles. The van der Waals surface area contributed by atoms with Gasteiger partial charge in [-0.25, -0.2) is 6.57 Å². The summed E-state index contributed by atoms with van der Waals surface area (Å²) >= 11 is 8.14. The van der Waals surface area contributed by atoms with Crippen molar-refractivity contribution in [3.63, 3.8) is 0 Å². The Morgan fingerprint density at radius 3 is 2.55 bits per heavy atom. The third-order valence-electron chi connectivity index (χ3n) is 0.865. The summed E-state index contributed by atoms with van der Waals surface area (Å²) in [5.41, 5.74) is 0. The van der Waals surface area contributed by atoms with Crippen molar-refractivity contribution in [1.82, 2.24) is 0 Å². The topological polar surface area (TPSA) is 4.36 Å². The van der Waals surface area contributed by atoms with E-state index in [1.165, 1.54) is 11.8 Å². The van der Waals surface area contributed by atoms with E-state index in [1.807, 2.05) is 13.8 Å². The van der Waals surface area contributed by atoms with Crippen molar-refractivity contribution in [3.8, 4) is 0 Å². The highest BCUT2D eigenvalue weighted by molar-refractivity contribution is 8.47. The quantitative estimate of drug-likeness (QED) is 0.503. The van der Waals surface area contributed by atoms with Gasteiger partial charge in [-0.15, -0.1) is 11.8 Å². The predicted molar refractivity (Wildman–Crippen MR) is 59.0 cm³/mol. The van der Waals surface area contributed by atoms with Crippen LogP contribution in [0.2, 0.25) is 0 Å². The van der Waals surface area contributed by atoms with E-state index in [2.05, 4.69) is 11.8 Å². The molecule has 0 bridgehead atoms. The smallest absolute Gasteiger partial charge is 0.277 e. The molecule has 0 aliphatic heterocycles. The summed E-state index contributed by atoms with van der Waals surface area (Å²) < 4.78 is 0.869. The predicted octanol–water partition coefficient (Wildman–Crippen LogP) is 3.41. The summed E-state index contributed by atoms with van der Waals surface area (Å²) in [6.45, 7) is 12.7. The fourth-order valence-electron chi connectivity index (χ4n) is 0.374. The molecule has 0 aromatic carbocycles. The minimum Gasteiger partial charge on any atom is -0.299 e. The van der Waals surface area contributed by atoms with Gasteiger partial charge in [0.25, 0.3) is 4.87 Å². The third-order valence-corrected chi connectivity index (χ3v) is 3.35. The van der Waals surface area contributed by atoms with Crippen LogP contribution in [0.25, 0.3) is 4.85 Å². The van der Waals surface area contributed by atoms with Gasteiger partial charge in [0.2, 0.25) is 0 Å². The number of rotatable bonds is 2. The van der Waals surface area contributed by atoms with E-state index < -0.39 is 0 Å². The Morgan fingerprint density at radius 1 is 1.64 bits per heavy atom. The summed E-state index contributed by atoms with van der Waals surface area (Å²) in [4.78, 5) is 3.07. The van der Waals surface area contributed by atoms with E-state index in [9.17, 15) is 0 Å². The number of hydrogen-bond donors (Lipinski definition) is 0. The van der Waals surface area contributed by atoms with Crippen molar-refractivity contribution < 1.29 is 0 Å². The molecule has 0 N–H and O–H groups in total. The van der Waals surface area contributed by atoms with Crippen molar-refractivity contribution in [2.24, 2.45) is 0 Å². The Balaban J connectivity index is 3.86. The molecule has 0 radical (unpaired) electrons. The van der Waals surface area contributed by atoms with E-state index in [0.717, 1.165) is 9.28 Å². The lowest BCUT2D eigenvalue weighted by Crippen LogP contribution is -2.09. The fraction of sp³-hybridized carbons (Fsp3) is 0.714. The van der Waals surface area contributed by atoms with Gasteiger partial charge in [-0.05, 0) is 17.5 Å². The zero-order valence-electron chi connectivity index (χ0n) is 6.88. The van der Waals surface area contributed by atoms with Crippen molar-refractivity contribution in [1.29, 1.82) is 0 Å². The molecule has 1 nitrogen and oxygen atoms in total. The largest absolute Gasteiger partial charge is 0.299 e.